The third-order valence-corrected chi connectivity index (χ3v) is 5.98. The largest absolute Gasteiger partial charge is 0.372 e. The van der Waals surface area contributed by atoms with Gasteiger partial charge in [-0.25, -0.2) is 13.4 Å². The summed E-state index contributed by atoms with van der Waals surface area (Å²) in [5, 5.41) is 2.83. The smallest absolute Gasteiger partial charge is 0.246 e. The van der Waals surface area contributed by atoms with E-state index in [9.17, 15) is 8.42 Å². The zero-order chi connectivity index (χ0) is 14.2. The van der Waals surface area contributed by atoms with Gasteiger partial charge < -0.3 is 5.32 Å². The molecule has 1 aromatic rings. The van der Waals surface area contributed by atoms with E-state index in [1.807, 2.05) is 6.92 Å². The van der Waals surface area contributed by atoms with E-state index >= 15 is 0 Å². The van der Waals surface area contributed by atoms with E-state index in [-0.39, 0.29) is 10.9 Å². The number of anilines is 1. The molecule has 0 radical (unpaired) electrons. The highest BCUT2D eigenvalue weighted by atomic mass is 79.9. The Labute approximate surface area is 122 Å². The fourth-order valence-corrected chi connectivity index (χ4v) is 4.13. The molecule has 0 saturated heterocycles. The molecule has 0 aromatic carbocycles. The second-order valence-corrected chi connectivity index (χ2v) is 7.73. The highest BCUT2D eigenvalue weighted by Crippen LogP contribution is 2.37. The normalized spacial score (nSPS) is 17.5. The highest BCUT2D eigenvalue weighted by molar-refractivity contribution is 9.10. The van der Waals surface area contributed by atoms with Gasteiger partial charge in [-0.1, -0.05) is 0 Å². The average Bonchev–Trinajstić information content (AvgIpc) is 3.21. The first-order valence-corrected chi connectivity index (χ1v) is 8.42. The minimum absolute atomic E-state index is 0.0219. The summed E-state index contributed by atoms with van der Waals surface area (Å²) in [4.78, 5) is 4.31. The van der Waals surface area contributed by atoms with Crippen LogP contribution in [0.25, 0.3) is 0 Å². The fraction of sp³-hybridized carbons (Fsp3) is 0.583. The monoisotopic (exact) mass is 347 g/mol. The van der Waals surface area contributed by atoms with Gasteiger partial charge in [0, 0.05) is 30.8 Å². The molecule has 7 heteroatoms. The molecule has 1 atom stereocenters. The van der Waals surface area contributed by atoms with Gasteiger partial charge in [0.05, 0.1) is 0 Å². The number of rotatable bonds is 5. The number of pyridine rings is 1. The standard InChI is InChI=1S/C12H18BrN3O2S/c1-8(9-4-5-9)16(3)19(17,18)11-6-10(13)7-15-12(11)14-2/h6-9H,4-5H2,1-3H3,(H,14,15). The van der Waals surface area contributed by atoms with E-state index in [4.69, 9.17) is 0 Å². The van der Waals surface area contributed by atoms with Crippen molar-refractivity contribution >= 4 is 31.8 Å². The predicted molar refractivity (Wildman–Crippen MR) is 78.6 cm³/mol. The van der Waals surface area contributed by atoms with E-state index in [0.29, 0.717) is 16.2 Å². The van der Waals surface area contributed by atoms with Gasteiger partial charge in [0.25, 0.3) is 0 Å². The Bertz CT molecular complexity index is 572. The van der Waals surface area contributed by atoms with E-state index in [2.05, 4.69) is 26.2 Å². The molecule has 1 aliphatic rings. The maximum atomic E-state index is 12.7. The Morgan fingerprint density at radius 3 is 2.68 bits per heavy atom. The number of hydrogen-bond acceptors (Lipinski definition) is 4. The second-order valence-electron chi connectivity index (χ2n) is 4.85. The number of halogens is 1. The van der Waals surface area contributed by atoms with Crippen molar-refractivity contribution < 1.29 is 8.42 Å². The summed E-state index contributed by atoms with van der Waals surface area (Å²) in [5.41, 5.74) is 0. The quantitative estimate of drug-likeness (QED) is 0.887. The molecule has 5 nitrogen and oxygen atoms in total. The lowest BCUT2D eigenvalue weighted by atomic mass is 10.2. The summed E-state index contributed by atoms with van der Waals surface area (Å²) in [6, 6.07) is 1.61. The highest BCUT2D eigenvalue weighted by Gasteiger charge is 2.37. The van der Waals surface area contributed by atoms with Crippen LogP contribution in [-0.4, -0.2) is 37.8 Å². The molecule has 1 aliphatic carbocycles. The van der Waals surface area contributed by atoms with E-state index < -0.39 is 10.0 Å². The van der Waals surface area contributed by atoms with Gasteiger partial charge >= 0.3 is 0 Å². The van der Waals surface area contributed by atoms with E-state index in [1.54, 1.807) is 26.4 Å². The molecule has 0 amide bonds. The predicted octanol–water partition coefficient (Wildman–Crippen LogP) is 2.30. The van der Waals surface area contributed by atoms with Gasteiger partial charge in [0.1, 0.15) is 10.7 Å². The zero-order valence-corrected chi connectivity index (χ0v) is 13.6. The number of aromatic nitrogens is 1. The molecule has 19 heavy (non-hydrogen) atoms. The van der Waals surface area contributed by atoms with E-state index in [0.717, 1.165) is 12.8 Å². The summed E-state index contributed by atoms with van der Waals surface area (Å²) in [6.07, 6.45) is 3.79. The summed E-state index contributed by atoms with van der Waals surface area (Å²) in [5.74, 6) is 0.857. The third kappa shape index (κ3) is 2.93. The maximum Gasteiger partial charge on any atom is 0.246 e. The molecule has 1 saturated carbocycles. The van der Waals surface area contributed by atoms with Crippen LogP contribution in [0, 0.1) is 5.92 Å². The van der Waals surface area contributed by atoms with Crippen molar-refractivity contribution in [2.24, 2.45) is 5.92 Å². The Morgan fingerprint density at radius 1 is 1.53 bits per heavy atom. The van der Waals surface area contributed by atoms with E-state index in [1.165, 1.54) is 4.31 Å². The maximum absolute atomic E-state index is 12.7. The lowest BCUT2D eigenvalue weighted by Crippen LogP contribution is -2.36. The number of hydrogen-bond donors (Lipinski definition) is 1. The van der Waals surface area contributed by atoms with Crippen LogP contribution in [0.5, 0.6) is 0 Å². The average molecular weight is 348 g/mol. The van der Waals surface area contributed by atoms with Crippen molar-refractivity contribution in [1.29, 1.82) is 0 Å². The lowest BCUT2D eigenvalue weighted by molar-refractivity contribution is 0.357. The van der Waals surface area contributed by atoms with Gasteiger partial charge in [-0.15, -0.1) is 0 Å². The van der Waals surface area contributed by atoms with Crippen LogP contribution in [0.1, 0.15) is 19.8 Å². The zero-order valence-electron chi connectivity index (χ0n) is 11.2. The van der Waals surface area contributed by atoms with Crippen LogP contribution in [0.3, 0.4) is 0 Å². The molecule has 1 unspecified atom stereocenters. The van der Waals surface area contributed by atoms with Gasteiger partial charge in [-0.05, 0) is 47.7 Å². The molecule has 1 fully saturated rings. The lowest BCUT2D eigenvalue weighted by Gasteiger charge is -2.25. The van der Waals surface area contributed by atoms with Crippen LogP contribution in [0.4, 0.5) is 5.82 Å². The summed E-state index contributed by atoms with van der Waals surface area (Å²) >= 11 is 3.27. The molecule has 1 aromatic heterocycles. The minimum Gasteiger partial charge on any atom is -0.372 e. The Morgan fingerprint density at radius 2 is 2.16 bits per heavy atom. The van der Waals surface area contributed by atoms with Crippen LogP contribution < -0.4 is 5.32 Å². The van der Waals surface area contributed by atoms with Crippen molar-refractivity contribution in [2.45, 2.75) is 30.7 Å². The van der Waals surface area contributed by atoms with Crippen LogP contribution in [-0.2, 0) is 10.0 Å². The fourth-order valence-electron chi connectivity index (χ4n) is 2.05. The minimum atomic E-state index is -3.53. The molecule has 1 heterocycles. The topological polar surface area (TPSA) is 62.3 Å². The van der Waals surface area contributed by atoms with Gasteiger partial charge in [-0.2, -0.15) is 4.31 Å². The van der Waals surface area contributed by atoms with Crippen molar-refractivity contribution in [3.8, 4) is 0 Å². The first kappa shape index (κ1) is 14.7. The molecule has 1 N–H and O–H groups in total. The second kappa shape index (κ2) is 5.38. The number of nitrogens with one attached hydrogen (secondary N) is 1. The van der Waals surface area contributed by atoms with Crippen LogP contribution in [0.15, 0.2) is 21.6 Å². The third-order valence-electron chi connectivity index (χ3n) is 3.59. The van der Waals surface area contributed by atoms with Gasteiger partial charge in [0.15, 0.2) is 0 Å². The molecule has 0 aliphatic heterocycles. The van der Waals surface area contributed by atoms with Gasteiger partial charge in [0.2, 0.25) is 10.0 Å². The van der Waals surface area contributed by atoms with Crippen molar-refractivity contribution in [3.05, 3.63) is 16.7 Å². The Kier molecular flexibility index (Phi) is 4.17. The van der Waals surface area contributed by atoms with Crippen molar-refractivity contribution in [1.82, 2.24) is 9.29 Å². The number of sulfonamides is 1. The van der Waals surface area contributed by atoms with Crippen LogP contribution in [0.2, 0.25) is 0 Å². The SMILES string of the molecule is CNc1ncc(Br)cc1S(=O)(=O)N(C)C(C)C1CC1. The summed E-state index contributed by atoms with van der Waals surface area (Å²) in [6.45, 7) is 1.96. The first-order valence-electron chi connectivity index (χ1n) is 6.19. The molecular weight excluding hydrogens is 330 g/mol. The molecule has 0 spiro atoms. The van der Waals surface area contributed by atoms with Crippen molar-refractivity contribution in [2.75, 3.05) is 19.4 Å². The summed E-state index contributed by atoms with van der Waals surface area (Å²) < 4.78 is 27.4. The van der Waals surface area contributed by atoms with Crippen molar-refractivity contribution in [3.63, 3.8) is 0 Å². The number of nitrogens with zero attached hydrogens (tertiary/aromatic N) is 2. The van der Waals surface area contributed by atoms with Crippen LogP contribution >= 0.6 is 15.9 Å². The molecule has 106 valence electrons. The molecule has 0 bridgehead atoms. The Hall–Kier alpha value is -0.660. The summed E-state index contributed by atoms with van der Waals surface area (Å²) in [7, 11) is -0.226. The molecule has 2 rings (SSSR count). The first-order chi connectivity index (χ1) is 8.87. The molecular formula is C12H18BrN3O2S. The van der Waals surface area contributed by atoms with Gasteiger partial charge in [-0.3, -0.25) is 0 Å². The Balaban J connectivity index is 2.40.